The van der Waals surface area contributed by atoms with E-state index in [2.05, 4.69) is 55.1 Å². The van der Waals surface area contributed by atoms with Gasteiger partial charge in [-0.1, -0.05) is 74.5 Å². The normalized spacial score (nSPS) is 10.9. The summed E-state index contributed by atoms with van der Waals surface area (Å²) in [4.78, 5) is 2.50. The molecule has 3 aromatic carbocycles. The van der Waals surface area contributed by atoms with E-state index in [0.29, 0.717) is 13.2 Å². The molecule has 3 nitrogen and oxygen atoms in total. The topological polar surface area (TPSA) is 21.7 Å². The Morgan fingerprint density at radius 1 is 0.600 bits per heavy atom. The van der Waals surface area contributed by atoms with Gasteiger partial charge in [-0.05, 0) is 54.8 Å². The summed E-state index contributed by atoms with van der Waals surface area (Å²) in [6.07, 6.45) is 2.31. The van der Waals surface area contributed by atoms with Crippen LogP contribution in [0.15, 0.2) is 78.9 Å². The van der Waals surface area contributed by atoms with Crippen molar-refractivity contribution in [2.75, 3.05) is 13.1 Å². The van der Waals surface area contributed by atoms with Gasteiger partial charge >= 0.3 is 0 Å². The summed E-state index contributed by atoms with van der Waals surface area (Å²) in [5.41, 5.74) is 3.55. The second-order valence-electron chi connectivity index (χ2n) is 7.64. The molecule has 0 heterocycles. The summed E-state index contributed by atoms with van der Waals surface area (Å²) in [7, 11) is 0. The molecule has 0 aliphatic rings. The largest absolute Gasteiger partial charge is 0.489 e. The minimum absolute atomic E-state index is 0.552. The van der Waals surface area contributed by atoms with Crippen molar-refractivity contribution in [3.05, 3.63) is 95.6 Å². The van der Waals surface area contributed by atoms with Crippen LogP contribution in [-0.4, -0.2) is 18.0 Å². The molecule has 3 rings (SSSR count). The third kappa shape index (κ3) is 7.23. The number of hydrogen-bond donors (Lipinski definition) is 0. The molecule has 0 aliphatic carbocycles. The van der Waals surface area contributed by atoms with E-state index in [1.165, 1.54) is 5.56 Å². The number of nitrogens with zero attached hydrogens (tertiary/aromatic N) is 1. The fourth-order valence-corrected chi connectivity index (χ4v) is 3.53. The van der Waals surface area contributed by atoms with E-state index in [-0.39, 0.29) is 0 Å². The summed E-state index contributed by atoms with van der Waals surface area (Å²) < 4.78 is 12.3. The lowest BCUT2D eigenvalue weighted by Gasteiger charge is -2.22. The number of ether oxygens (including phenoxy) is 2. The lowest BCUT2D eigenvalue weighted by atomic mass is 10.1. The van der Waals surface area contributed by atoms with Gasteiger partial charge in [0.15, 0.2) is 0 Å². The number of benzene rings is 3. The first-order chi connectivity index (χ1) is 14.8. The highest BCUT2D eigenvalue weighted by Crippen LogP contribution is 2.26. The summed E-state index contributed by atoms with van der Waals surface area (Å²) in [6, 6.07) is 26.8. The Kier molecular flexibility index (Phi) is 8.80. The van der Waals surface area contributed by atoms with Crippen molar-refractivity contribution in [2.24, 2.45) is 0 Å². The molecule has 158 valence electrons. The molecule has 0 unspecified atom stereocenters. The number of rotatable bonds is 12. The highest BCUT2D eigenvalue weighted by atomic mass is 16.5. The van der Waals surface area contributed by atoms with Crippen LogP contribution in [0.3, 0.4) is 0 Å². The Hall–Kier alpha value is -2.78. The van der Waals surface area contributed by atoms with Crippen LogP contribution in [0.5, 0.6) is 11.5 Å². The van der Waals surface area contributed by atoms with Gasteiger partial charge in [-0.25, -0.2) is 0 Å². The van der Waals surface area contributed by atoms with Gasteiger partial charge in [0.1, 0.15) is 24.7 Å². The maximum absolute atomic E-state index is 6.13. The third-order valence-electron chi connectivity index (χ3n) is 4.92. The van der Waals surface area contributed by atoms with Crippen LogP contribution in [0.1, 0.15) is 43.4 Å². The monoisotopic (exact) mass is 403 g/mol. The molecule has 0 amide bonds. The Morgan fingerprint density at radius 2 is 1.07 bits per heavy atom. The second-order valence-corrected chi connectivity index (χ2v) is 7.64. The summed E-state index contributed by atoms with van der Waals surface area (Å²) in [5, 5.41) is 0. The lowest BCUT2D eigenvalue weighted by molar-refractivity contribution is 0.262. The van der Waals surface area contributed by atoms with E-state index in [4.69, 9.17) is 9.47 Å². The molecular formula is C27H33NO2. The van der Waals surface area contributed by atoms with Crippen molar-refractivity contribution in [3.8, 4) is 11.5 Å². The van der Waals surface area contributed by atoms with Gasteiger partial charge < -0.3 is 9.47 Å². The predicted molar refractivity (Wildman–Crippen MR) is 124 cm³/mol. The zero-order valence-electron chi connectivity index (χ0n) is 18.2. The fourth-order valence-electron chi connectivity index (χ4n) is 3.53. The predicted octanol–water partition coefficient (Wildman–Crippen LogP) is 6.47. The van der Waals surface area contributed by atoms with E-state index >= 15 is 0 Å². The third-order valence-corrected chi connectivity index (χ3v) is 4.92. The van der Waals surface area contributed by atoms with Crippen molar-refractivity contribution in [2.45, 2.75) is 46.4 Å². The first kappa shape index (κ1) is 21.9. The molecule has 0 aliphatic heterocycles. The minimum Gasteiger partial charge on any atom is -0.489 e. The van der Waals surface area contributed by atoms with E-state index in [0.717, 1.165) is 55.1 Å². The van der Waals surface area contributed by atoms with Gasteiger partial charge in [0.2, 0.25) is 0 Å². The Labute approximate surface area is 181 Å². The van der Waals surface area contributed by atoms with Crippen molar-refractivity contribution in [1.29, 1.82) is 0 Å². The molecule has 3 heteroatoms. The van der Waals surface area contributed by atoms with E-state index in [1.54, 1.807) is 0 Å². The standard InChI is InChI=1S/C27H33NO2/c1-3-15-28(16-4-2)20-25-17-26(29-21-23-11-7-5-8-12-23)19-27(18-25)30-22-24-13-9-6-10-14-24/h5-14,17-19H,3-4,15-16,20-22H2,1-2H3. The van der Waals surface area contributed by atoms with Crippen molar-refractivity contribution < 1.29 is 9.47 Å². The SMILES string of the molecule is CCCN(CCC)Cc1cc(OCc2ccccc2)cc(OCc2ccccc2)c1. The van der Waals surface area contributed by atoms with E-state index in [1.807, 2.05) is 42.5 Å². The minimum atomic E-state index is 0.552. The molecule has 0 aromatic heterocycles. The molecule has 0 saturated carbocycles. The van der Waals surface area contributed by atoms with E-state index < -0.39 is 0 Å². The first-order valence-electron chi connectivity index (χ1n) is 11.0. The quantitative estimate of drug-likeness (QED) is 0.346. The van der Waals surface area contributed by atoms with Crippen molar-refractivity contribution in [3.63, 3.8) is 0 Å². The zero-order valence-corrected chi connectivity index (χ0v) is 18.2. The smallest absolute Gasteiger partial charge is 0.123 e. The molecule has 0 radical (unpaired) electrons. The average Bonchev–Trinajstić information content (AvgIpc) is 2.78. The van der Waals surface area contributed by atoms with Crippen LogP contribution in [0, 0.1) is 0 Å². The van der Waals surface area contributed by atoms with E-state index in [9.17, 15) is 0 Å². The Bertz CT molecular complexity index is 797. The maximum atomic E-state index is 6.13. The summed E-state index contributed by atoms with van der Waals surface area (Å²) >= 11 is 0. The van der Waals surface area contributed by atoms with Gasteiger partial charge in [-0.3, -0.25) is 4.90 Å². The van der Waals surface area contributed by atoms with Crippen LogP contribution >= 0.6 is 0 Å². The van der Waals surface area contributed by atoms with Crippen LogP contribution in [0.2, 0.25) is 0 Å². The first-order valence-corrected chi connectivity index (χ1v) is 11.0. The second kappa shape index (κ2) is 12.0. The number of hydrogen-bond acceptors (Lipinski definition) is 3. The van der Waals surface area contributed by atoms with Gasteiger partial charge in [0.05, 0.1) is 0 Å². The van der Waals surface area contributed by atoms with Crippen molar-refractivity contribution in [1.82, 2.24) is 4.90 Å². The van der Waals surface area contributed by atoms with Crippen molar-refractivity contribution >= 4 is 0 Å². The molecular weight excluding hydrogens is 370 g/mol. The van der Waals surface area contributed by atoms with Crippen LogP contribution in [0.4, 0.5) is 0 Å². The molecule has 0 saturated heterocycles. The van der Waals surface area contributed by atoms with Crippen LogP contribution in [0.25, 0.3) is 0 Å². The molecule has 30 heavy (non-hydrogen) atoms. The van der Waals surface area contributed by atoms with Crippen LogP contribution in [-0.2, 0) is 19.8 Å². The molecule has 0 spiro atoms. The summed E-state index contributed by atoms with van der Waals surface area (Å²) in [5.74, 6) is 1.71. The average molecular weight is 404 g/mol. The highest BCUT2D eigenvalue weighted by molar-refractivity contribution is 5.39. The Morgan fingerprint density at radius 3 is 1.50 bits per heavy atom. The molecule has 0 atom stereocenters. The lowest BCUT2D eigenvalue weighted by Crippen LogP contribution is -2.24. The fraction of sp³-hybridized carbons (Fsp3) is 0.333. The van der Waals surface area contributed by atoms with Gasteiger partial charge in [0.25, 0.3) is 0 Å². The maximum Gasteiger partial charge on any atom is 0.123 e. The molecule has 0 fully saturated rings. The molecule has 0 bridgehead atoms. The zero-order chi connectivity index (χ0) is 21.0. The molecule has 0 N–H and O–H groups in total. The highest BCUT2D eigenvalue weighted by Gasteiger charge is 2.09. The Balaban J connectivity index is 1.75. The van der Waals surface area contributed by atoms with Gasteiger partial charge in [0, 0.05) is 12.6 Å². The van der Waals surface area contributed by atoms with Gasteiger partial charge in [-0.15, -0.1) is 0 Å². The summed E-state index contributed by atoms with van der Waals surface area (Å²) in [6.45, 7) is 8.68. The molecule has 3 aromatic rings. The van der Waals surface area contributed by atoms with Gasteiger partial charge in [-0.2, -0.15) is 0 Å². The van der Waals surface area contributed by atoms with Crippen LogP contribution < -0.4 is 9.47 Å².